The van der Waals surface area contributed by atoms with Gasteiger partial charge in [-0.25, -0.2) is 9.59 Å². The van der Waals surface area contributed by atoms with Gasteiger partial charge in [-0.2, -0.15) is 0 Å². The number of aryl methyl sites for hydroxylation is 1. The quantitative estimate of drug-likeness (QED) is 0.0749. The number of ether oxygens (including phenoxy) is 2. The number of phenols is 2. The van der Waals surface area contributed by atoms with Gasteiger partial charge in [0.2, 0.25) is 0 Å². The van der Waals surface area contributed by atoms with Crippen LogP contribution in [-0.2, 0) is 12.8 Å². The Labute approximate surface area is 276 Å². The molecule has 0 heterocycles. The lowest BCUT2D eigenvalue weighted by atomic mass is 9.94. The van der Waals surface area contributed by atoms with Gasteiger partial charge >= 0.3 is 11.9 Å². The minimum absolute atomic E-state index is 0.163. The van der Waals surface area contributed by atoms with Crippen LogP contribution < -0.4 is 9.47 Å². The van der Waals surface area contributed by atoms with Crippen molar-refractivity contribution in [2.45, 2.75) is 71.1 Å². The number of aromatic carboxylic acids is 2. The fourth-order valence-corrected chi connectivity index (χ4v) is 5.69. The number of hydrogen-bond donors (Lipinski definition) is 4. The number of rotatable bonds is 19. The maximum atomic E-state index is 11.6. The monoisotopic (exact) mass is 640 g/mol. The van der Waals surface area contributed by atoms with Gasteiger partial charge < -0.3 is 29.9 Å². The Hall–Kier alpha value is -4.98. The highest BCUT2D eigenvalue weighted by atomic mass is 16.5. The molecule has 47 heavy (non-hydrogen) atoms. The molecule has 0 aromatic heterocycles. The predicted molar refractivity (Wildman–Crippen MR) is 181 cm³/mol. The molecule has 0 radical (unpaired) electrons. The Balaban J connectivity index is 1.36. The number of unbranched alkanes of at least 4 members (excludes halogenated alkanes) is 7. The Morgan fingerprint density at radius 3 is 1.49 bits per heavy atom. The highest BCUT2D eigenvalue weighted by Gasteiger charge is 2.17. The molecule has 0 bridgehead atoms. The van der Waals surface area contributed by atoms with E-state index in [1.165, 1.54) is 43.5 Å². The SMILES string of the molecule is Cc1cc(Cc2ccc(O)c(C(=O)O)c2)c(OCCCCCCCCCCOc2ccccc2)c(Cc2ccc(O)c(C(=O)O)c2)c1. The zero-order valence-corrected chi connectivity index (χ0v) is 26.9. The van der Waals surface area contributed by atoms with Crippen molar-refractivity contribution in [3.05, 3.63) is 118 Å². The molecule has 0 amide bonds. The van der Waals surface area contributed by atoms with Crippen LogP contribution in [0.2, 0.25) is 0 Å². The summed E-state index contributed by atoms with van der Waals surface area (Å²) in [6.07, 6.45) is 9.55. The standard InChI is InChI=1S/C39H44O8/c1-27-21-30(23-28-15-17-35(40)33(25-28)38(42)43)37(31(22-27)24-29-16-18-36(41)34(26-29)39(44)45)47-20-12-7-5-3-2-4-6-11-19-46-32-13-9-8-10-14-32/h8-10,13-18,21-22,25-26,40-41H,2-7,11-12,19-20,23-24H2,1H3,(H,42,43)(H,44,45). The third kappa shape index (κ3) is 10.8. The van der Waals surface area contributed by atoms with Crippen LogP contribution >= 0.6 is 0 Å². The molecule has 0 saturated carbocycles. The first-order valence-electron chi connectivity index (χ1n) is 16.2. The molecule has 0 fully saturated rings. The molecule has 8 heteroatoms. The Morgan fingerprint density at radius 1 is 0.574 bits per heavy atom. The Bertz CT molecular complexity index is 1540. The first-order chi connectivity index (χ1) is 22.7. The number of para-hydroxylation sites is 1. The average Bonchev–Trinajstić information content (AvgIpc) is 3.04. The largest absolute Gasteiger partial charge is 0.507 e. The fourth-order valence-electron chi connectivity index (χ4n) is 5.69. The minimum atomic E-state index is -1.20. The maximum Gasteiger partial charge on any atom is 0.339 e. The molecule has 0 aliphatic carbocycles. The first kappa shape index (κ1) is 34.9. The van der Waals surface area contributed by atoms with Crippen molar-refractivity contribution in [3.8, 4) is 23.0 Å². The van der Waals surface area contributed by atoms with Crippen LogP contribution in [-0.4, -0.2) is 45.6 Å². The summed E-state index contributed by atoms with van der Waals surface area (Å²) in [6, 6.07) is 23.0. The van der Waals surface area contributed by atoms with Gasteiger partial charge in [-0.1, -0.05) is 86.6 Å². The van der Waals surface area contributed by atoms with Crippen molar-refractivity contribution >= 4 is 11.9 Å². The van der Waals surface area contributed by atoms with Crippen LogP contribution in [0.5, 0.6) is 23.0 Å². The second-order valence-electron chi connectivity index (χ2n) is 11.9. The van der Waals surface area contributed by atoms with E-state index in [-0.39, 0.29) is 22.6 Å². The third-order valence-corrected chi connectivity index (χ3v) is 8.06. The highest BCUT2D eigenvalue weighted by molar-refractivity contribution is 5.91. The van der Waals surface area contributed by atoms with Gasteiger partial charge in [0.15, 0.2) is 0 Å². The summed E-state index contributed by atoms with van der Waals surface area (Å²) in [6.45, 7) is 3.21. The topological polar surface area (TPSA) is 134 Å². The molecule has 4 rings (SSSR count). The summed E-state index contributed by atoms with van der Waals surface area (Å²) in [5.41, 5.74) is 3.82. The zero-order valence-electron chi connectivity index (χ0n) is 26.9. The van der Waals surface area contributed by atoms with E-state index in [1.807, 2.05) is 49.4 Å². The summed E-state index contributed by atoms with van der Waals surface area (Å²) in [5, 5.41) is 39.0. The van der Waals surface area contributed by atoms with Crippen molar-refractivity contribution in [1.29, 1.82) is 0 Å². The van der Waals surface area contributed by atoms with Gasteiger partial charge in [-0.05, 0) is 78.4 Å². The fraction of sp³-hybridized carbons (Fsp3) is 0.333. The van der Waals surface area contributed by atoms with Crippen molar-refractivity contribution in [3.63, 3.8) is 0 Å². The number of aromatic hydroxyl groups is 2. The van der Waals surface area contributed by atoms with Crippen LogP contribution in [0.25, 0.3) is 0 Å². The van der Waals surface area contributed by atoms with Gasteiger partial charge in [0.1, 0.15) is 34.1 Å². The summed E-state index contributed by atoms with van der Waals surface area (Å²) in [4.78, 5) is 23.3. The third-order valence-electron chi connectivity index (χ3n) is 8.06. The van der Waals surface area contributed by atoms with E-state index in [1.54, 1.807) is 12.1 Å². The van der Waals surface area contributed by atoms with Crippen LogP contribution in [0.15, 0.2) is 78.9 Å². The molecule has 0 saturated heterocycles. The van der Waals surface area contributed by atoms with E-state index in [9.17, 15) is 30.0 Å². The Kier molecular flexibility index (Phi) is 13.1. The molecule has 4 aromatic rings. The van der Waals surface area contributed by atoms with Crippen molar-refractivity contribution in [2.75, 3.05) is 13.2 Å². The van der Waals surface area contributed by atoms with Crippen LogP contribution in [0.4, 0.5) is 0 Å². The molecule has 248 valence electrons. The van der Waals surface area contributed by atoms with E-state index < -0.39 is 11.9 Å². The van der Waals surface area contributed by atoms with E-state index in [0.717, 1.165) is 61.2 Å². The molecule has 0 aliphatic rings. The molecule has 0 atom stereocenters. The number of hydrogen-bond acceptors (Lipinski definition) is 6. The first-order valence-corrected chi connectivity index (χ1v) is 16.2. The van der Waals surface area contributed by atoms with Crippen LogP contribution in [0.3, 0.4) is 0 Å². The number of carboxylic acids is 2. The Morgan fingerprint density at radius 2 is 1.02 bits per heavy atom. The molecule has 4 aromatic carbocycles. The smallest absolute Gasteiger partial charge is 0.339 e. The van der Waals surface area contributed by atoms with Gasteiger partial charge in [0, 0.05) is 12.8 Å². The van der Waals surface area contributed by atoms with E-state index in [2.05, 4.69) is 0 Å². The van der Waals surface area contributed by atoms with Gasteiger partial charge in [0.25, 0.3) is 0 Å². The normalized spacial score (nSPS) is 10.9. The van der Waals surface area contributed by atoms with E-state index in [4.69, 9.17) is 9.47 Å². The van der Waals surface area contributed by atoms with Crippen LogP contribution in [0, 0.1) is 6.92 Å². The lowest BCUT2D eigenvalue weighted by Gasteiger charge is -2.18. The zero-order chi connectivity index (χ0) is 33.6. The lowest BCUT2D eigenvalue weighted by Crippen LogP contribution is -2.07. The van der Waals surface area contributed by atoms with Crippen LogP contribution in [0.1, 0.15) is 99.9 Å². The molecule has 8 nitrogen and oxygen atoms in total. The van der Waals surface area contributed by atoms with E-state index >= 15 is 0 Å². The number of carbonyl (C=O) groups is 2. The lowest BCUT2D eigenvalue weighted by molar-refractivity contribution is 0.0682. The number of carboxylic acid groups (broad SMARTS) is 2. The second kappa shape index (κ2) is 17.6. The highest BCUT2D eigenvalue weighted by Crippen LogP contribution is 2.32. The predicted octanol–water partition coefficient (Wildman–Crippen LogP) is 8.56. The molecule has 0 aliphatic heterocycles. The van der Waals surface area contributed by atoms with Crippen molar-refractivity contribution < 1.29 is 39.5 Å². The summed E-state index contributed by atoms with van der Waals surface area (Å²) < 4.78 is 12.2. The average molecular weight is 641 g/mol. The molecule has 0 unspecified atom stereocenters. The summed E-state index contributed by atoms with van der Waals surface area (Å²) >= 11 is 0. The number of benzene rings is 4. The minimum Gasteiger partial charge on any atom is -0.507 e. The van der Waals surface area contributed by atoms with E-state index in [0.29, 0.717) is 36.3 Å². The maximum absolute atomic E-state index is 11.6. The van der Waals surface area contributed by atoms with Gasteiger partial charge in [-0.15, -0.1) is 0 Å². The summed E-state index contributed by atoms with van der Waals surface area (Å²) in [5.74, 6) is -1.39. The van der Waals surface area contributed by atoms with Gasteiger partial charge in [0.05, 0.1) is 13.2 Å². The summed E-state index contributed by atoms with van der Waals surface area (Å²) in [7, 11) is 0. The molecular formula is C39H44O8. The molecular weight excluding hydrogens is 596 g/mol. The van der Waals surface area contributed by atoms with Crippen molar-refractivity contribution in [2.24, 2.45) is 0 Å². The van der Waals surface area contributed by atoms with Gasteiger partial charge in [-0.3, -0.25) is 0 Å². The van der Waals surface area contributed by atoms with Crippen molar-refractivity contribution in [1.82, 2.24) is 0 Å². The second-order valence-corrected chi connectivity index (χ2v) is 11.9. The molecule has 4 N–H and O–H groups in total. The molecule has 0 spiro atoms.